The third kappa shape index (κ3) is 11.4. The van der Waals surface area contributed by atoms with Crippen LogP contribution in [0.4, 0.5) is 51.1 Å². The lowest BCUT2D eigenvalue weighted by Crippen LogP contribution is -2.70. The predicted octanol–water partition coefficient (Wildman–Crippen LogP) is 9.58. The van der Waals surface area contributed by atoms with Gasteiger partial charge >= 0.3 is 19.8 Å². The van der Waals surface area contributed by atoms with E-state index in [0.717, 1.165) is 15.8 Å². The highest BCUT2D eigenvalue weighted by Crippen LogP contribution is 2.69. The monoisotopic (exact) mass is 1110 g/mol. The van der Waals surface area contributed by atoms with E-state index in [-0.39, 0.29) is 36.2 Å². The number of nitrogen functional groups attached to an aromatic ring is 2. The summed E-state index contributed by atoms with van der Waals surface area (Å²) in [6.07, 6.45) is -2.26. The summed E-state index contributed by atoms with van der Waals surface area (Å²) in [5, 5.41) is 20.7. The Morgan fingerprint density at radius 2 is 1.13 bits per heavy atom. The second kappa shape index (κ2) is 19.2. The number of halogens is 10. The van der Waals surface area contributed by atoms with E-state index in [9.17, 15) is 49.7 Å². The van der Waals surface area contributed by atoms with Crippen molar-refractivity contribution in [2.75, 3.05) is 18.6 Å². The standard InChI is InChI=1S/C18H20F4N4O2.C12H16BF3N2O3.C12H16FIN2O.CH3F.CH4/c1-9(2)13(27)15-25-11(5-26(15)17-6-16(19,7-17)8-17)10-3-12(14(23)24-4-10)28-18(20,21)22;1-10(2)11(3,4)21-13(20-10)7-5-8(9(17)18-6-7)19-12(14,15)16;1-7(2)9(17)10-15-8(14)3-16(10)12-4-11(13,5-12)6-12;1-2;/h3-5,9,13,27H,6-8H2,1-2H3,(H2,23,24);5-6H,1-4H3,(H2,17,18);3,7,9,17H,4-6H2,1-2H3;1H3;1H4/i;;;1D;. The van der Waals surface area contributed by atoms with Gasteiger partial charge in [0.05, 0.1) is 36.5 Å². The molecule has 4 bridgehead atoms. The van der Waals surface area contributed by atoms with Crippen LogP contribution < -0.4 is 26.4 Å². The maximum atomic E-state index is 14.0. The second-order valence-corrected chi connectivity index (χ2v) is 20.9. The third-order valence-electron chi connectivity index (χ3n) is 13.2. The number of nitrogens with zero attached hydrogens (tertiary/aromatic N) is 6. The van der Waals surface area contributed by atoms with E-state index in [1.54, 1.807) is 10.8 Å². The van der Waals surface area contributed by atoms with Crippen LogP contribution in [-0.2, 0) is 20.4 Å². The fraction of sp³-hybridized carbons (Fsp3) is 0.636. The highest BCUT2D eigenvalue weighted by atomic mass is 127. The van der Waals surface area contributed by atoms with Gasteiger partial charge in [-0.15, -0.1) is 26.3 Å². The molecule has 6 aliphatic carbocycles. The highest BCUT2D eigenvalue weighted by molar-refractivity contribution is 14.1. The number of rotatable bonds is 10. The lowest BCUT2D eigenvalue weighted by molar-refractivity contribution is -0.275. The first-order chi connectivity index (χ1) is 31.6. The van der Waals surface area contributed by atoms with Crippen LogP contribution in [0.2, 0.25) is 0 Å². The Bertz CT molecular complexity index is 2440. The molecule has 6 N–H and O–H groups in total. The molecule has 0 radical (unpaired) electrons. The number of pyridine rings is 2. The summed E-state index contributed by atoms with van der Waals surface area (Å²) < 4.78 is 142. The maximum absolute atomic E-state index is 14.0. The fourth-order valence-electron chi connectivity index (χ4n) is 9.00. The molecule has 0 aromatic carbocycles. The molecule has 5 heterocycles. The molecule has 25 heteroatoms. The smallest absolute Gasteiger partial charge is 0.402 e. The fourth-order valence-corrected chi connectivity index (χ4v) is 9.52. The molecular weight excluding hydrogens is 1050 g/mol. The topological polar surface area (TPSA) is 191 Å². The van der Waals surface area contributed by atoms with Gasteiger partial charge in [0, 0.05) is 74.3 Å². The molecular formula is C44H59BF9IN8O6. The molecule has 1 saturated heterocycles. The van der Waals surface area contributed by atoms with Crippen molar-refractivity contribution >= 4 is 46.8 Å². The number of ether oxygens (including phenoxy) is 2. The van der Waals surface area contributed by atoms with E-state index < -0.39 is 84.6 Å². The average Bonchev–Trinajstić information content (AvgIpc) is 3.85. The van der Waals surface area contributed by atoms with Crippen molar-refractivity contribution in [3.63, 3.8) is 0 Å². The van der Waals surface area contributed by atoms with Gasteiger partial charge in [-0.05, 0) is 74.3 Å². The van der Waals surface area contributed by atoms with E-state index in [1.807, 2.05) is 66.2 Å². The number of imidazole rings is 2. The van der Waals surface area contributed by atoms with E-state index in [1.165, 1.54) is 12.4 Å². The van der Waals surface area contributed by atoms with Crippen LogP contribution in [-0.4, -0.2) is 88.8 Å². The van der Waals surface area contributed by atoms with Crippen LogP contribution in [0.25, 0.3) is 11.3 Å². The molecule has 0 spiro atoms. The zero-order valence-corrected chi connectivity index (χ0v) is 40.6. The highest BCUT2D eigenvalue weighted by Gasteiger charge is 2.71. The normalized spacial score (nSPS) is 26.6. The van der Waals surface area contributed by atoms with Gasteiger partial charge in [0.1, 0.15) is 38.9 Å². The molecule has 14 nitrogen and oxygen atoms in total. The minimum atomic E-state index is -4.91. The van der Waals surface area contributed by atoms with Crippen LogP contribution >= 0.6 is 22.6 Å². The Morgan fingerprint density at radius 3 is 1.54 bits per heavy atom. The minimum absolute atomic E-state index is 0. The molecule has 4 aromatic rings. The number of nitrogens with two attached hydrogens (primary N) is 2. The summed E-state index contributed by atoms with van der Waals surface area (Å²) in [5.74, 6) is -0.913. The van der Waals surface area contributed by atoms with Crippen molar-refractivity contribution in [3.05, 3.63) is 52.3 Å². The van der Waals surface area contributed by atoms with Gasteiger partial charge in [-0.25, -0.2) is 28.7 Å². The van der Waals surface area contributed by atoms with Crippen LogP contribution in [0.5, 0.6) is 11.5 Å². The van der Waals surface area contributed by atoms with E-state index in [4.69, 9.17) is 22.1 Å². The number of aliphatic hydroxyl groups excluding tert-OH is 2. The predicted molar refractivity (Wildman–Crippen MR) is 247 cm³/mol. The number of hydrogen-bond donors (Lipinski definition) is 4. The van der Waals surface area contributed by atoms with Gasteiger partial charge in [0.2, 0.25) is 0 Å². The van der Waals surface area contributed by atoms with Crippen molar-refractivity contribution in [2.24, 2.45) is 11.8 Å². The summed E-state index contributed by atoms with van der Waals surface area (Å²) in [4.78, 5) is 16.3. The zero-order chi connectivity index (χ0) is 51.7. The lowest BCUT2D eigenvalue weighted by atomic mass is 9.47. The summed E-state index contributed by atoms with van der Waals surface area (Å²) in [6, 6.07) is 2.23. The van der Waals surface area contributed by atoms with Crippen molar-refractivity contribution in [1.82, 2.24) is 29.1 Å². The summed E-state index contributed by atoms with van der Waals surface area (Å²) in [6.45, 7) is 14.9. The molecule has 2 unspecified atom stereocenters. The van der Waals surface area contributed by atoms with Crippen LogP contribution in [0.3, 0.4) is 0 Å². The van der Waals surface area contributed by atoms with Gasteiger partial charge in [-0.2, -0.15) is 0 Å². The number of aromatic nitrogens is 6. The zero-order valence-electron chi connectivity index (χ0n) is 39.4. The van der Waals surface area contributed by atoms with Crippen LogP contribution in [0.1, 0.15) is 127 Å². The molecule has 7 aliphatic rings. The first-order valence-electron chi connectivity index (χ1n) is 22.1. The molecule has 6 saturated carbocycles. The number of aliphatic hydroxyl groups is 2. The van der Waals surface area contributed by atoms with Crippen molar-refractivity contribution in [3.8, 4) is 22.8 Å². The Morgan fingerprint density at radius 1 is 0.739 bits per heavy atom. The molecule has 69 heavy (non-hydrogen) atoms. The molecule has 1 aliphatic heterocycles. The molecule has 11 rings (SSSR count). The molecule has 2 atom stereocenters. The van der Waals surface area contributed by atoms with Crippen LogP contribution in [0.15, 0.2) is 36.9 Å². The first kappa shape index (κ1) is 54.3. The summed E-state index contributed by atoms with van der Waals surface area (Å²) >= 11 is 2.15. The summed E-state index contributed by atoms with van der Waals surface area (Å²) in [5.41, 5.74) is 7.93. The van der Waals surface area contributed by atoms with Crippen molar-refractivity contribution in [2.45, 2.75) is 160 Å². The van der Waals surface area contributed by atoms with Gasteiger partial charge in [-0.1, -0.05) is 35.1 Å². The molecule has 4 aromatic heterocycles. The Labute approximate surface area is 409 Å². The van der Waals surface area contributed by atoms with E-state index >= 15 is 0 Å². The summed E-state index contributed by atoms with van der Waals surface area (Å²) in [7, 11) is -1.83. The Kier molecular flexibility index (Phi) is 15.1. The largest absolute Gasteiger partial charge is 0.573 e. The van der Waals surface area contributed by atoms with Crippen molar-refractivity contribution < 1.29 is 69.9 Å². The maximum Gasteiger partial charge on any atom is 0.573 e. The quantitative estimate of drug-likeness (QED) is 0.0670. The minimum Gasteiger partial charge on any atom is -0.402 e. The Balaban J connectivity index is 0.000000194. The van der Waals surface area contributed by atoms with Gasteiger partial charge in [0.25, 0.3) is 0 Å². The molecule has 0 amide bonds. The van der Waals surface area contributed by atoms with Gasteiger partial charge in [0.15, 0.2) is 23.1 Å². The average molecular weight is 1110 g/mol. The molecule has 384 valence electrons. The van der Waals surface area contributed by atoms with E-state index in [0.29, 0.717) is 61.3 Å². The third-order valence-corrected chi connectivity index (χ3v) is 13.7. The number of hydrogen-bond acceptors (Lipinski definition) is 12. The SMILES string of the molecule is C.CC(C)C(O)c1nc(-c2cnc(N)c(OC(F)(F)F)c2)cn1C12CC(F)(C1)C2.CC(C)C(O)c1nc(I)cn1C12CC(F)(C1)C2.CC1(C)OB(c2cnc(N)c(OC(F)(F)F)c2)OC1(C)C.[2H]CF. The van der Waals surface area contributed by atoms with Gasteiger partial charge < -0.3 is 49.6 Å². The van der Waals surface area contributed by atoms with Crippen LogP contribution in [0, 0.1) is 15.5 Å². The number of alkyl halides is 9. The first-order valence-corrected chi connectivity index (χ1v) is 22.5. The van der Waals surface area contributed by atoms with E-state index in [2.05, 4.69) is 52.0 Å². The van der Waals surface area contributed by atoms with Gasteiger partial charge in [-0.3, -0.25) is 4.39 Å². The Hall–Kier alpha value is -4.08. The lowest BCUT2D eigenvalue weighted by Gasteiger charge is -2.66. The molecule has 7 fully saturated rings. The second-order valence-electron chi connectivity index (χ2n) is 19.8. The van der Waals surface area contributed by atoms with Crippen molar-refractivity contribution in [1.29, 1.82) is 0 Å². The number of anilines is 2.